The zero-order chi connectivity index (χ0) is 21.6. The van der Waals surface area contributed by atoms with Crippen LogP contribution in [0.2, 0.25) is 0 Å². The van der Waals surface area contributed by atoms with Crippen molar-refractivity contribution in [2.24, 2.45) is 0 Å². The van der Waals surface area contributed by atoms with Gasteiger partial charge in [0.25, 0.3) is 0 Å². The largest absolute Gasteiger partial charge is 0.523 e. The summed E-state index contributed by atoms with van der Waals surface area (Å²) in [5.41, 5.74) is -5.03. The molecule has 0 aromatic heterocycles. The van der Waals surface area contributed by atoms with Gasteiger partial charge in [-0.3, -0.25) is 0 Å². The Bertz CT molecular complexity index is 740. The normalized spacial score (nSPS) is 13.6. The number of aliphatic hydroxyl groups is 2. The number of carbonyl (C=O) groups excluding carboxylic acids is 1. The molecule has 0 amide bonds. The van der Waals surface area contributed by atoms with Crippen molar-refractivity contribution in [2.75, 3.05) is 24.7 Å². The first kappa shape index (κ1) is 24.7. The Labute approximate surface area is 163 Å². The Morgan fingerprint density at radius 2 is 1.57 bits per heavy atom. The van der Waals surface area contributed by atoms with Gasteiger partial charge in [-0.15, -0.1) is 10.3 Å². The van der Waals surface area contributed by atoms with Gasteiger partial charge >= 0.3 is 21.6 Å². The fourth-order valence-corrected chi connectivity index (χ4v) is 6.75. The van der Waals surface area contributed by atoms with E-state index in [0.29, 0.717) is 5.56 Å². The minimum Gasteiger partial charge on any atom is -0.459 e. The lowest BCUT2D eigenvalue weighted by Crippen LogP contribution is -2.30. The van der Waals surface area contributed by atoms with Crippen LogP contribution in [0.25, 0.3) is 0 Å². The number of alkyl halides is 3. The Morgan fingerprint density at radius 1 is 1.07 bits per heavy atom. The highest BCUT2D eigenvalue weighted by atomic mass is 32.3. The third-order valence-electron chi connectivity index (χ3n) is 3.41. The Morgan fingerprint density at radius 3 is 1.96 bits per heavy atom. The van der Waals surface area contributed by atoms with Crippen LogP contribution in [0.15, 0.2) is 24.3 Å². The van der Waals surface area contributed by atoms with E-state index in [1.54, 1.807) is 13.8 Å². The summed E-state index contributed by atoms with van der Waals surface area (Å²) < 4.78 is 70.8. The molecule has 0 saturated carbocycles. The number of carbonyl (C=O) groups is 1. The molecule has 1 aromatic rings. The van der Waals surface area contributed by atoms with E-state index in [4.69, 9.17) is 4.74 Å². The van der Waals surface area contributed by atoms with Crippen LogP contribution in [-0.4, -0.2) is 60.9 Å². The summed E-state index contributed by atoms with van der Waals surface area (Å²) in [6.07, 6.45) is -0.334. The minimum absolute atomic E-state index is 0.214. The molecule has 2 N–H and O–H groups in total. The number of rotatable bonds is 10. The molecule has 0 unspecified atom stereocenters. The van der Waals surface area contributed by atoms with Gasteiger partial charge in [0, 0.05) is 17.3 Å². The number of benzene rings is 1. The molecule has 1 rings (SSSR count). The first-order chi connectivity index (χ1) is 12.9. The van der Waals surface area contributed by atoms with Crippen LogP contribution in [-0.2, 0) is 24.2 Å². The van der Waals surface area contributed by atoms with Gasteiger partial charge in [-0.1, -0.05) is 12.1 Å². The van der Waals surface area contributed by atoms with Crippen LogP contribution < -0.4 is 0 Å². The lowest BCUT2D eigenvalue weighted by atomic mass is 10.1. The topological polar surface area (TPSA) is 110 Å². The highest BCUT2D eigenvalue weighted by Gasteiger charge is 2.50. The third-order valence-corrected chi connectivity index (χ3v) is 8.56. The zero-order valence-corrected chi connectivity index (χ0v) is 16.9. The molecular formula is C16H23F3O7S2. The number of aliphatic hydroxyl groups excluding tert-OH is 2. The van der Waals surface area contributed by atoms with E-state index >= 15 is 0 Å². The van der Waals surface area contributed by atoms with E-state index in [1.165, 1.54) is 24.3 Å². The van der Waals surface area contributed by atoms with Crippen molar-refractivity contribution >= 4 is 26.4 Å². The Balaban J connectivity index is 3.15. The number of hydrogen-bond donors (Lipinski definition) is 2. The summed E-state index contributed by atoms with van der Waals surface area (Å²) in [6.45, 7) is 2.10. The Kier molecular flexibility index (Phi) is 8.75. The molecule has 0 aliphatic carbocycles. The molecule has 7 nitrogen and oxygen atoms in total. The van der Waals surface area contributed by atoms with E-state index in [9.17, 15) is 36.6 Å². The van der Waals surface area contributed by atoms with Gasteiger partial charge in [0.1, 0.15) is 0 Å². The second-order valence-corrected chi connectivity index (χ2v) is 11.0. The predicted molar refractivity (Wildman–Crippen MR) is 98.3 cm³/mol. The van der Waals surface area contributed by atoms with Crippen molar-refractivity contribution in [3.63, 3.8) is 0 Å². The second-order valence-electron chi connectivity index (χ2n) is 6.08. The first-order valence-electron chi connectivity index (χ1n) is 8.16. The molecule has 162 valence electrons. The van der Waals surface area contributed by atoms with E-state index in [2.05, 4.69) is 3.63 Å². The van der Waals surface area contributed by atoms with Gasteiger partial charge in [0.2, 0.25) is 0 Å². The molecule has 0 atom stereocenters. The maximum absolute atomic E-state index is 12.8. The van der Waals surface area contributed by atoms with Crippen LogP contribution in [0, 0.1) is 0 Å². The van der Waals surface area contributed by atoms with Crippen molar-refractivity contribution in [3.05, 3.63) is 35.4 Å². The first-order valence-corrected chi connectivity index (χ1v) is 11.6. The molecule has 28 heavy (non-hydrogen) atoms. The van der Waals surface area contributed by atoms with Crippen LogP contribution in [0.1, 0.15) is 29.8 Å². The summed E-state index contributed by atoms with van der Waals surface area (Å²) in [7, 11) is -8.98. The molecule has 12 heteroatoms. The summed E-state index contributed by atoms with van der Waals surface area (Å²) >= 11 is 0. The molecule has 0 bridgehead atoms. The van der Waals surface area contributed by atoms with Gasteiger partial charge in [-0.25, -0.2) is 8.42 Å². The van der Waals surface area contributed by atoms with Crippen LogP contribution in [0.3, 0.4) is 0 Å². The smallest absolute Gasteiger partial charge is 0.459 e. The van der Waals surface area contributed by atoms with Crippen molar-refractivity contribution in [1.29, 1.82) is 0 Å². The van der Waals surface area contributed by atoms with E-state index < -0.39 is 45.1 Å². The molecule has 0 aliphatic rings. The summed E-state index contributed by atoms with van der Waals surface area (Å²) in [5.74, 6) is -1.59. The number of halogens is 3. The second kappa shape index (κ2) is 9.92. The maximum Gasteiger partial charge on any atom is 0.523 e. The lowest BCUT2D eigenvalue weighted by molar-refractivity contribution is -0.0496. The zero-order valence-electron chi connectivity index (χ0n) is 15.3. The quantitative estimate of drug-likeness (QED) is 0.418. The van der Waals surface area contributed by atoms with Crippen LogP contribution in [0.4, 0.5) is 13.2 Å². The van der Waals surface area contributed by atoms with Crippen LogP contribution >= 0.6 is 10.3 Å². The highest BCUT2D eigenvalue weighted by molar-refractivity contribution is 8.32. The Hall–Kier alpha value is -1.34. The molecule has 0 spiro atoms. The van der Waals surface area contributed by atoms with Crippen molar-refractivity contribution in [3.8, 4) is 0 Å². The molecule has 1 aromatic carbocycles. The molecule has 0 saturated heterocycles. The van der Waals surface area contributed by atoms with Gasteiger partial charge in [-0.05, 0) is 31.5 Å². The standard InChI is InChI=1S/C16H23F3O7S2/c1-12(2)25-15(22)14-5-3-13(4-6-14)11-27(9-7-20,10-8-21)26-28(23,24)16(17,18)19/h3-6,12,20-21H,7-11H2,1-2H3. The maximum atomic E-state index is 12.8. The average molecular weight is 448 g/mol. The van der Waals surface area contributed by atoms with Crippen molar-refractivity contribution < 1.29 is 45.0 Å². The molecule has 0 radical (unpaired) electrons. The minimum atomic E-state index is -5.91. The van der Waals surface area contributed by atoms with E-state index in [0.717, 1.165) is 0 Å². The van der Waals surface area contributed by atoms with Crippen molar-refractivity contribution in [2.45, 2.75) is 31.2 Å². The molecule has 0 heterocycles. The van der Waals surface area contributed by atoms with Gasteiger partial charge in [0.05, 0.1) is 24.9 Å². The van der Waals surface area contributed by atoms with E-state index in [-0.39, 0.29) is 28.9 Å². The number of esters is 1. The van der Waals surface area contributed by atoms with Gasteiger partial charge in [-0.2, -0.15) is 21.6 Å². The molecule has 0 aliphatic heterocycles. The molecular weight excluding hydrogens is 425 g/mol. The van der Waals surface area contributed by atoms with Gasteiger partial charge < -0.3 is 14.9 Å². The fourth-order valence-electron chi connectivity index (χ4n) is 2.22. The number of hydrogen-bond acceptors (Lipinski definition) is 7. The van der Waals surface area contributed by atoms with Gasteiger partial charge in [0.15, 0.2) is 0 Å². The number of ether oxygens (including phenoxy) is 1. The molecule has 0 fully saturated rings. The lowest BCUT2D eigenvalue weighted by Gasteiger charge is -2.37. The summed E-state index contributed by atoms with van der Waals surface area (Å²) in [4.78, 5) is 11.8. The fraction of sp³-hybridized carbons (Fsp3) is 0.562. The predicted octanol–water partition coefficient (Wildman–Crippen LogP) is 2.32. The highest BCUT2D eigenvalue weighted by Crippen LogP contribution is 2.54. The monoisotopic (exact) mass is 448 g/mol. The van der Waals surface area contributed by atoms with E-state index in [1.807, 2.05) is 0 Å². The summed E-state index contributed by atoms with van der Waals surface area (Å²) in [5, 5.41) is 18.5. The third kappa shape index (κ3) is 6.92. The average Bonchev–Trinajstić information content (AvgIpc) is 2.53. The van der Waals surface area contributed by atoms with Crippen LogP contribution in [0.5, 0.6) is 0 Å². The van der Waals surface area contributed by atoms with Crippen molar-refractivity contribution in [1.82, 2.24) is 0 Å². The SMILES string of the molecule is CC(C)OC(=O)c1ccc(CS(CCO)(CCO)OS(=O)(=O)C(F)(F)F)cc1. The summed E-state index contributed by atoms with van der Waals surface area (Å²) in [6, 6.07) is 5.63.